The number of halogens is 1. The summed E-state index contributed by atoms with van der Waals surface area (Å²) < 4.78 is 31.9. The number of ether oxygens (including phenoxy) is 1. The second-order valence-electron chi connectivity index (χ2n) is 6.64. The summed E-state index contributed by atoms with van der Waals surface area (Å²) in [7, 11) is -0.709. The van der Waals surface area contributed by atoms with Crippen LogP contribution in [0.1, 0.15) is 15.9 Å². The number of rotatable bonds is 6. The number of methoxy groups -OCH3 is 1. The zero-order chi connectivity index (χ0) is 21.9. The number of carbonyl (C=O) groups is 1. The fourth-order valence-electron chi connectivity index (χ4n) is 2.78. The molecule has 30 heavy (non-hydrogen) atoms. The number of hydrogen-bond donors (Lipinski definition) is 1. The van der Waals surface area contributed by atoms with Gasteiger partial charge in [0, 0.05) is 18.3 Å². The molecule has 0 radical (unpaired) electrons. The summed E-state index contributed by atoms with van der Waals surface area (Å²) in [6, 6.07) is 17.9. The van der Waals surface area contributed by atoms with Crippen LogP contribution in [0, 0.1) is 6.92 Å². The molecular formula is C22H21ClN2O4S. The first-order chi connectivity index (χ1) is 14.2. The Labute approximate surface area is 181 Å². The van der Waals surface area contributed by atoms with Gasteiger partial charge in [-0.05, 0) is 61.5 Å². The van der Waals surface area contributed by atoms with Crippen molar-refractivity contribution in [1.29, 1.82) is 0 Å². The van der Waals surface area contributed by atoms with Crippen molar-refractivity contribution in [3.63, 3.8) is 0 Å². The van der Waals surface area contributed by atoms with E-state index in [1.165, 1.54) is 18.5 Å². The Bertz CT molecular complexity index is 1160. The fraction of sp³-hybridized carbons (Fsp3) is 0.136. The fourth-order valence-corrected chi connectivity index (χ4v) is 4.23. The van der Waals surface area contributed by atoms with Crippen LogP contribution < -0.4 is 14.4 Å². The number of benzene rings is 3. The Hall–Kier alpha value is -3.03. The maximum Gasteiger partial charge on any atom is 0.264 e. The highest BCUT2D eigenvalue weighted by molar-refractivity contribution is 7.92. The van der Waals surface area contributed by atoms with Gasteiger partial charge in [-0.2, -0.15) is 0 Å². The van der Waals surface area contributed by atoms with E-state index in [2.05, 4.69) is 5.32 Å². The number of hydrogen-bond acceptors (Lipinski definition) is 4. The summed E-state index contributed by atoms with van der Waals surface area (Å²) in [5.41, 5.74) is 2.32. The Morgan fingerprint density at radius 2 is 1.63 bits per heavy atom. The van der Waals surface area contributed by atoms with Crippen LogP contribution in [-0.2, 0) is 10.0 Å². The van der Waals surface area contributed by atoms with Crippen LogP contribution in [0.3, 0.4) is 0 Å². The molecule has 0 heterocycles. The van der Waals surface area contributed by atoms with Crippen molar-refractivity contribution in [3.8, 4) is 5.75 Å². The van der Waals surface area contributed by atoms with Gasteiger partial charge in [-0.15, -0.1) is 0 Å². The first-order valence-corrected chi connectivity index (χ1v) is 10.8. The first kappa shape index (κ1) is 21.7. The summed E-state index contributed by atoms with van der Waals surface area (Å²) in [6.45, 7) is 1.89. The van der Waals surface area contributed by atoms with E-state index in [9.17, 15) is 13.2 Å². The second-order valence-corrected chi connectivity index (χ2v) is 9.01. The van der Waals surface area contributed by atoms with E-state index >= 15 is 0 Å². The number of nitrogens with one attached hydrogen (secondary N) is 1. The highest BCUT2D eigenvalue weighted by Crippen LogP contribution is 2.28. The Morgan fingerprint density at radius 3 is 2.20 bits per heavy atom. The molecular weight excluding hydrogens is 424 g/mol. The third-order valence-corrected chi connectivity index (χ3v) is 6.68. The van der Waals surface area contributed by atoms with Crippen molar-refractivity contribution in [3.05, 3.63) is 82.9 Å². The Morgan fingerprint density at radius 1 is 1.00 bits per heavy atom. The van der Waals surface area contributed by atoms with E-state index < -0.39 is 10.0 Å². The van der Waals surface area contributed by atoms with Crippen LogP contribution in [0.2, 0.25) is 5.02 Å². The minimum Gasteiger partial charge on any atom is -0.495 e. The van der Waals surface area contributed by atoms with E-state index in [0.29, 0.717) is 27.7 Å². The van der Waals surface area contributed by atoms with Crippen molar-refractivity contribution in [2.75, 3.05) is 23.8 Å². The molecule has 8 heteroatoms. The minimum absolute atomic E-state index is 0.203. The number of amides is 1. The largest absolute Gasteiger partial charge is 0.495 e. The second kappa shape index (κ2) is 8.77. The van der Waals surface area contributed by atoms with E-state index in [1.54, 1.807) is 66.7 Å². The van der Waals surface area contributed by atoms with Gasteiger partial charge in [-0.1, -0.05) is 29.3 Å². The predicted octanol–water partition coefficient (Wildman–Crippen LogP) is 4.73. The third-order valence-electron chi connectivity index (χ3n) is 4.58. The number of sulfonamides is 1. The molecule has 3 aromatic carbocycles. The van der Waals surface area contributed by atoms with Crippen molar-refractivity contribution in [1.82, 2.24) is 0 Å². The molecule has 0 aromatic heterocycles. The zero-order valence-corrected chi connectivity index (χ0v) is 18.3. The number of aryl methyl sites for hydroxylation is 1. The SMILES string of the molecule is COc1ccc(NC(=O)c2ccc(N(C)S(=O)(=O)c3ccc(C)cc3)cc2)cc1Cl. The molecule has 1 N–H and O–H groups in total. The van der Waals surface area contributed by atoms with Crippen molar-refractivity contribution < 1.29 is 17.9 Å². The summed E-state index contributed by atoms with van der Waals surface area (Å²) in [4.78, 5) is 12.7. The molecule has 3 aromatic rings. The van der Waals surface area contributed by atoms with Crippen molar-refractivity contribution >= 4 is 38.9 Å². The monoisotopic (exact) mass is 444 g/mol. The molecule has 0 atom stereocenters. The maximum absolute atomic E-state index is 12.8. The Kier molecular flexibility index (Phi) is 6.34. The lowest BCUT2D eigenvalue weighted by Gasteiger charge is -2.20. The molecule has 1 amide bonds. The standard InChI is InChI=1S/C22H21ClN2O4S/c1-15-4-11-19(12-5-15)30(27,28)25(2)18-9-6-16(7-10-18)22(26)24-17-8-13-21(29-3)20(23)14-17/h4-14H,1-3H3,(H,24,26). The third kappa shape index (κ3) is 4.58. The van der Waals surface area contributed by atoms with Crippen LogP contribution >= 0.6 is 11.6 Å². The maximum atomic E-state index is 12.8. The molecule has 3 rings (SSSR count). The lowest BCUT2D eigenvalue weighted by atomic mass is 10.2. The van der Waals surface area contributed by atoms with Gasteiger partial charge in [-0.25, -0.2) is 8.42 Å². The van der Waals surface area contributed by atoms with Gasteiger partial charge in [0.15, 0.2) is 0 Å². The van der Waals surface area contributed by atoms with Crippen molar-refractivity contribution in [2.24, 2.45) is 0 Å². The molecule has 0 aliphatic heterocycles. The van der Waals surface area contributed by atoms with Crippen LogP contribution in [0.15, 0.2) is 71.6 Å². The molecule has 6 nitrogen and oxygen atoms in total. The molecule has 0 fully saturated rings. The minimum atomic E-state index is -3.70. The molecule has 0 saturated heterocycles. The molecule has 0 spiro atoms. The van der Waals surface area contributed by atoms with Gasteiger partial charge >= 0.3 is 0 Å². The highest BCUT2D eigenvalue weighted by atomic mass is 35.5. The zero-order valence-electron chi connectivity index (χ0n) is 16.7. The van der Waals surface area contributed by atoms with Gasteiger partial charge in [0.05, 0.1) is 22.7 Å². The smallest absolute Gasteiger partial charge is 0.264 e. The van der Waals surface area contributed by atoms with Crippen molar-refractivity contribution in [2.45, 2.75) is 11.8 Å². The highest BCUT2D eigenvalue weighted by Gasteiger charge is 2.21. The van der Waals surface area contributed by atoms with Crippen LogP contribution in [-0.4, -0.2) is 28.5 Å². The average Bonchev–Trinajstić information content (AvgIpc) is 2.73. The quantitative estimate of drug-likeness (QED) is 0.596. The lowest BCUT2D eigenvalue weighted by molar-refractivity contribution is 0.102. The van der Waals surface area contributed by atoms with Gasteiger partial charge in [0.2, 0.25) is 0 Å². The van der Waals surface area contributed by atoms with Crippen LogP contribution in [0.5, 0.6) is 5.75 Å². The van der Waals surface area contributed by atoms with E-state index in [1.807, 2.05) is 6.92 Å². The number of carbonyl (C=O) groups excluding carboxylic acids is 1. The summed E-state index contributed by atoms with van der Waals surface area (Å²) in [5, 5.41) is 3.13. The lowest BCUT2D eigenvalue weighted by Crippen LogP contribution is -2.26. The molecule has 0 unspecified atom stereocenters. The average molecular weight is 445 g/mol. The topological polar surface area (TPSA) is 75.7 Å². The van der Waals surface area contributed by atoms with Crippen LogP contribution in [0.4, 0.5) is 11.4 Å². The van der Waals surface area contributed by atoms with Crippen LogP contribution in [0.25, 0.3) is 0 Å². The summed E-state index contributed by atoms with van der Waals surface area (Å²) >= 11 is 6.08. The van der Waals surface area contributed by atoms with Gasteiger partial charge in [0.1, 0.15) is 5.75 Å². The molecule has 156 valence electrons. The normalized spacial score (nSPS) is 11.1. The first-order valence-electron chi connectivity index (χ1n) is 9.03. The number of anilines is 2. The van der Waals surface area contributed by atoms with Gasteiger partial charge < -0.3 is 10.1 Å². The van der Waals surface area contributed by atoms with E-state index in [0.717, 1.165) is 5.56 Å². The predicted molar refractivity (Wildman–Crippen MR) is 119 cm³/mol. The van der Waals surface area contributed by atoms with E-state index in [-0.39, 0.29) is 10.8 Å². The molecule has 0 bridgehead atoms. The van der Waals surface area contributed by atoms with E-state index in [4.69, 9.17) is 16.3 Å². The molecule has 0 saturated carbocycles. The van der Waals surface area contributed by atoms with Gasteiger partial charge in [-0.3, -0.25) is 9.10 Å². The Balaban J connectivity index is 1.76. The number of nitrogens with zero attached hydrogens (tertiary/aromatic N) is 1. The molecule has 0 aliphatic rings. The summed E-state index contributed by atoms with van der Waals surface area (Å²) in [6.07, 6.45) is 0. The van der Waals surface area contributed by atoms with Gasteiger partial charge in [0.25, 0.3) is 15.9 Å². The summed E-state index contributed by atoms with van der Waals surface area (Å²) in [5.74, 6) is 0.170. The molecule has 0 aliphatic carbocycles.